The highest BCUT2D eigenvalue weighted by molar-refractivity contribution is 7.92. The number of ether oxygens (including phenoxy) is 1. The lowest BCUT2D eigenvalue weighted by Gasteiger charge is -2.32. The maximum Gasteiger partial charge on any atom is 0.264 e. The van der Waals surface area contributed by atoms with Crippen LogP contribution in [0.25, 0.3) is 0 Å². The summed E-state index contributed by atoms with van der Waals surface area (Å²) in [4.78, 5) is 28.1. The van der Waals surface area contributed by atoms with Crippen LogP contribution in [0, 0.1) is 13.8 Å². The lowest BCUT2D eigenvalue weighted by Crippen LogP contribution is -2.51. The Bertz CT molecular complexity index is 1410. The number of amides is 2. The summed E-state index contributed by atoms with van der Waals surface area (Å²) in [5.74, 6) is -0.207. The molecule has 0 heterocycles. The Hall–Kier alpha value is -3.56. The molecule has 0 saturated heterocycles. The van der Waals surface area contributed by atoms with Crippen LogP contribution < -0.4 is 14.4 Å². The van der Waals surface area contributed by atoms with Gasteiger partial charge in [-0.15, -0.1) is 0 Å². The predicted octanol–water partition coefficient (Wildman–Crippen LogP) is 4.71. The average Bonchev–Trinajstić information content (AvgIpc) is 2.92. The standard InChI is InChI=1S/C29H34ClN3O5S/c1-6-31-29(35)22(4)32(18-23-8-13-26(38-5)14-9-23)28(34)19-33(25-12-7-20(2)21(3)17-25)39(36,37)27-15-10-24(30)11-16-27/h7-17,22H,6,18-19H2,1-5H3,(H,31,35)/t22-/m1/s1. The molecule has 8 nitrogen and oxygen atoms in total. The predicted molar refractivity (Wildman–Crippen MR) is 154 cm³/mol. The number of carbonyl (C=O) groups excluding carboxylic acids is 2. The number of hydrogen-bond acceptors (Lipinski definition) is 5. The van der Waals surface area contributed by atoms with E-state index in [0.717, 1.165) is 21.0 Å². The van der Waals surface area contributed by atoms with Crippen molar-refractivity contribution in [1.82, 2.24) is 10.2 Å². The lowest BCUT2D eigenvalue weighted by atomic mass is 10.1. The van der Waals surface area contributed by atoms with Crippen molar-refractivity contribution >= 4 is 39.1 Å². The van der Waals surface area contributed by atoms with Crippen LogP contribution in [0.1, 0.15) is 30.5 Å². The molecule has 208 valence electrons. The number of halogens is 1. The summed E-state index contributed by atoms with van der Waals surface area (Å²) in [6.07, 6.45) is 0. The maximum atomic E-state index is 13.9. The summed E-state index contributed by atoms with van der Waals surface area (Å²) in [6.45, 7) is 7.21. The fraction of sp³-hybridized carbons (Fsp3) is 0.310. The van der Waals surface area contributed by atoms with E-state index in [-0.39, 0.29) is 17.3 Å². The van der Waals surface area contributed by atoms with Crippen molar-refractivity contribution in [3.05, 3.63) is 88.4 Å². The van der Waals surface area contributed by atoms with Crippen molar-refractivity contribution in [3.63, 3.8) is 0 Å². The van der Waals surface area contributed by atoms with Gasteiger partial charge in [0.15, 0.2) is 0 Å². The first-order valence-corrected chi connectivity index (χ1v) is 14.4. The zero-order chi connectivity index (χ0) is 28.7. The molecule has 10 heteroatoms. The fourth-order valence-electron chi connectivity index (χ4n) is 3.98. The van der Waals surface area contributed by atoms with E-state index in [2.05, 4.69) is 5.32 Å². The zero-order valence-electron chi connectivity index (χ0n) is 22.8. The number of nitrogens with zero attached hydrogens (tertiary/aromatic N) is 2. The van der Waals surface area contributed by atoms with Gasteiger partial charge in [-0.1, -0.05) is 29.8 Å². The Kier molecular flexibility index (Phi) is 9.99. The van der Waals surface area contributed by atoms with Gasteiger partial charge in [-0.3, -0.25) is 13.9 Å². The van der Waals surface area contributed by atoms with Crippen molar-refractivity contribution in [3.8, 4) is 5.75 Å². The Morgan fingerprint density at radius 1 is 0.974 bits per heavy atom. The van der Waals surface area contributed by atoms with Crippen LogP contribution in [0.2, 0.25) is 5.02 Å². The molecule has 39 heavy (non-hydrogen) atoms. The van der Waals surface area contributed by atoms with Crippen LogP contribution in [-0.4, -0.2) is 51.4 Å². The number of carbonyl (C=O) groups is 2. The van der Waals surface area contributed by atoms with Crippen molar-refractivity contribution in [2.75, 3.05) is 24.5 Å². The van der Waals surface area contributed by atoms with Crippen LogP contribution in [0.4, 0.5) is 5.69 Å². The molecule has 0 saturated carbocycles. The second-order valence-corrected chi connectivity index (χ2v) is 11.5. The van der Waals surface area contributed by atoms with E-state index in [4.69, 9.17) is 16.3 Å². The van der Waals surface area contributed by atoms with Gasteiger partial charge >= 0.3 is 0 Å². The largest absolute Gasteiger partial charge is 0.497 e. The minimum absolute atomic E-state index is 0.00333. The van der Waals surface area contributed by atoms with E-state index in [1.165, 1.54) is 29.2 Å². The van der Waals surface area contributed by atoms with Gasteiger partial charge in [-0.25, -0.2) is 8.42 Å². The highest BCUT2D eigenvalue weighted by Gasteiger charge is 2.32. The highest BCUT2D eigenvalue weighted by Crippen LogP contribution is 2.27. The number of methoxy groups -OCH3 is 1. The SMILES string of the molecule is CCNC(=O)[C@@H](C)N(Cc1ccc(OC)cc1)C(=O)CN(c1ccc(C)c(C)c1)S(=O)(=O)c1ccc(Cl)cc1. The Morgan fingerprint density at radius 2 is 1.62 bits per heavy atom. The van der Waals surface area contributed by atoms with Crippen LogP contribution in [-0.2, 0) is 26.2 Å². The molecule has 0 radical (unpaired) electrons. The molecule has 0 spiro atoms. The summed E-state index contributed by atoms with van der Waals surface area (Å²) < 4.78 is 34.0. The number of anilines is 1. The molecule has 1 atom stereocenters. The zero-order valence-corrected chi connectivity index (χ0v) is 24.3. The molecule has 0 fully saturated rings. The number of benzene rings is 3. The Morgan fingerprint density at radius 3 is 2.18 bits per heavy atom. The summed E-state index contributed by atoms with van der Waals surface area (Å²) >= 11 is 5.99. The van der Waals surface area contributed by atoms with E-state index >= 15 is 0 Å². The summed E-state index contributed by atoms with van der Waals surface area (Å²) in [5, 5.41) is 3.14. The second-order valence-electron chi connectivity index (χ2n) is 9.17. The molecule has 0 aliphatic rings. The quantitative estimate of drug-likeness (QED) is 0.359. The van der Waals surface area contributed by atoms with Gasteiger partial charge in [0.25, 0.3) is 10.0 Å². The smallest absolute Gasteiger partial charge is 0.264 e. The molecule has 0 aliphatic carbocycles. The third kappa shape index (κ3) is 7.30. The third-order valence-electron chi connectivity index (χ3n) is 6.49. The van der Waals surface area contributed by atoms with E-state index in [0.29, 0.717) is 23.0 Å². The molecule has 1 N–H and O–H groups in total. The second kappa shape index (κ2) is 13.0. The number of aryl methyl sites for hydroxylation is 2. The van der Waals surface area contributed by atoms with Gasteiger partial charge in [0.2, 0.25) is 11.8 Å². The van der Waals surface area contributed by atoms with Crippen LogP contribution in [0.3, 0.4) is 0 Å². The van der Waals surface area contributed by atoms with Crippen molar-refractivity contribution in [2.24, 2.45) is 0 Å². The minimum atomic E-state index is -4.16. The van der Waals surface area contributed by atoms with Crippen molar-refractivity contribution in [1.29, 1.82) is 0 Å². The molecule has 0 aliphatic heterocycles. The summed E-state index contributed by atoms with van der Waals surface area (Å²) in [6, 6.07) is 17.3. The van der Waals surface area contributed by atoms with Crippen LogP contribution >= 0.6 is 11.6 Å². The number of hydrogen-bond donors (Lipinski definition) is 1. The van der Waals surface area contributed by atoms with Gasteiger partial charge in [0, 0.05) is 18.1 Å². The third-order valence-corrected chi connectivity index (χ3v) is 8.53. The molecule has 3 aromatic carbocycles. The van der Waals surface area contributed by atoms with Gasteiger partial charge in [0.1, 0.15) is 18.3 Å². The number of likely N-dealkylation sites (N-methyl/N-ethyl adjacent to an activating group) is 1. The van der Waals surface area contributed by atoms with Crippen molar-refractivity contribution in [2.45, 2.75) is 45.2 Å². The molecule has 3 aromatic rings. The van der Waals surface area contributed by atoms with Crippen molar-refractivity contribution < 1.29 is 22.7 Å². The minimum Gasteiger partial charge on any atom is -0.497 e. The number of rotatable bonds is 11. The topological polar surface area (TPSA) is 96.0 Å². The average molecular weight is 572 g/mol. The molecular formula is C29H34ClN3O5S. The number of sulfonamides is 1. The Balaban J connectivity index is 2.04. The highest BCUT2D eigenvalue weighted by atomic mass is 35.5. The number of nitrogens with one attached hydrogen (secondary N) is 1. The Labute approximate surface area is 235 Å². The van der Waals surface area contributed by atoms with Gasteiger partial charge in [-0.2, -0.15) is 0 Å². The molecule has 3 rings (SSSR count). The first kappa shape index (κ1) is 30.0. The summed E-state index contributed by atoms with van der Waals surface area (Å²) in [7, 11) is -2.60. The first-order valence-electron chi connectivity index (χ1n) is 12.5. The first-order chi connectivity index (χ1) is 18.5. The maximum absolute atomic E-state index is 13.9. The molecule has 0 unspecified atom stereocenters. The van der Waals surface area contributed by atoms with Gasteiger partial charge in [0.05, 0.1) is 17.7 Å². The van der Waals surface area contributed by atoms with Crippen LogP contribution in [0.5, 0.6) is 5.75 Å². The van der Waals surface area contributed by atoms with E-state index < -0.39 is 28.5 Å². The van der Waals surface area contributed by atoms with E-state index in [1.54, 1.807) is 57.4 Å². The normalized spacial score (nSPS) is 11.9. The van der Waals surface area contributed by atoms with Gasteiger partial charge < -0.3 is 15.0 Å². The van der Waals surface area contributed by atoms with E-state index in [9.17, 15) is 18.0 Å². The summed E-state index contributed by atoms with van der Waals surface area (Å²) in [5.41, 5.74) is 2.97. The monoisotopic (exact) mass is 571 g/mol. The molecule has 2 amide bonds. The van der Waals surface area contributed by atoms with E-state index in [1.807, 2.05) is 19.9 Å². The molecule has 0 aromatic heterocycles. The molecular weight excluding hydrogens is 538 g/mol. The lowest BCUT2D eigenvalue weighted by molar-refractivity contribution is -0.139. The molecule has 0 bridgehead atoms. The van der Waals surface area contributed by atoms with Gasteiger partial charge in [-0.05, 0) is 92.9 Å². The fourth-order valence-corrected chi connectivity index (χ4v) is 5.51. The van der Waals surface area contributed by atoms with Crippen LogP contribution in [0.15, 0.2) is 71.6 Å².